The van der Waals surface area contributed by atoms with Crippen LogP contribution in [0, 0.1) is 11.8 Å². The van der Waals surface area contributed by atoms with E-state index in [1.165, 1.54) is 5.56 Å². The van der Waals surface area contributed by atoms with Gasteiger partial charge in [-0.1, -0.05) is 62.6 Å². The molecular formula is C22H30O4. The zero-order chi connectivity index (χ0) is 18.9. The van der Waals surface area contributed by atoms with Crippen LogP contribution in [0.1, 0.15) is 63.0 Å². The molecule has 0 amide bonds. The molecule has 1 saturated carbocycles. The maximum atomic E-state index is 12.3. The maximum absolute atomic E-state index is 12.3. The highest BCUT2D eigenvalue weighted by Crippen LogP contribution is 2.35. The molecule has 4 heteroatoms. The van der Waals surface area contributed by atoms with Gasteiger partial charge in [-0.05, 0) is 30.4 Å². The lowest BCUT2D eigenvalue weighted by atomic mass is 9.88. The van der Waals surface area contributed by atoms with Gasteiger partial charge in [0.05, 0.1) is 6.10 Å². The van der Waals surface area contributed by atoms with Crippen LogP contribution in [-0.2, 0) is 16.0 Å². The Balaban J connectivity index is 1.91. The third-order valence-corrected chi connectivity index (χ3v) is 5.32. The van der Waals surface area contributed by atoms with Crippen LogP contribution in [0.15, 0.2) is 30.3 Å². The second-order valence-corrected chi connectivity index (χ2v) is 7.18. The topological polar surface area (TPSA) is 74.6 Å². The van der Waals surface area contributed by atoms with Crippen molar-refractivity contribution < 1.29 is 19.8 Å². The monoisotopic (exact) mass is 358 g/mol. The van der Waals surface area contributed by atoms with Gasteiger partial charge in [0.2, 0.25) is 0 Å². The molecule has 1 aliphatic carbocycles. The molecule has 0 spiro atoms. The van der Waals surface area contributed by atoms with Crippen LogP contribution in [-0.4, -0.2) is 28.1 Å². The van der Waals surface area contributed by atoms with E-state index in [-0.39, 0.29) is 30.5 Å². The summed E-state index contributed by atoms with van der Waals surface area (Å²) < 4.78 is 0. The minimum absolute atomic E-state index is 0.116. The second-order valence-electron chi connectivity index (χ2n) is 7.18. The summed E-state index contributed by atoms with van der Waals surface area (Å²) in [5.74, 6) is -0.834. The number of benzene rings is 1. The zero-order valence-corrected chi connectivity index (χ0v) is 15.6. The highest BCUT2D eigenvalue weighted by Gasteiger charge is 2.39. The molecule has 0 aliphatic heterocycles. The van der Waals surface area contributed by atoms with Crippen molar-refractivity contribution in [3.63, 3.8) is 0 Å². The first kappa shape index (κ1) is 20.4. The molecule has 0 aromatic heterocycles. The first-order chi connectivity index (χ1) is 12.5. The van der Waals surface area contributed by atoms with Gasteiger partial charge < -0.3 is 10.2 Å². The Hall–Kier alpha value is -1.94. The predicted molar refractivity (Wildman–Crippen MR) is 103 cm³/mol. The van der Waals surface area contributed by atoms with Crippen LogP contribution >= 0.6 is 0 Å². The lowest BCUT2D eigenvalue weighted by Gasteiger charge is -2.17. The number of unbranched alkanes of at least 4 members (excludes halogenated alkanes) is 3. The number of carbonyl (C=O) groups is 2. The number of rotatable bonds is 10. The number of aliphatic hydroxyl groups is 1. The van der Waals surface area contributed by atoms with Crippen molar-refractivity contribution in [1.82, 2.24) is 0 Å². The number of carboxylic acids is 1. The van der Waals surface area contributed by atoms with E-state index in [4.69, 9.17) is 5.11 Å². The molecule has 3 atom stereocenters. The molecule has 0 bridgehead atoms. The van der Waals surface area contributed by atoms with Crippen LogP contribution in [0.5, 0.6) is 0 Å². The number of hydrogen-bond donors (Lipinski definition) is 2. The third-order valence-electron chi connectivity index (χ3n) is 5.32. The fourth-order valence-corrected chi connectivity index (χ4v) is 3.82. The Bertz CT molecular complexity index is 635. The number of Topliss-reactive ketones (excluding diaryl/α,β-unsaturated/α-hetero) is 1. The Morgan fingerprint density at radius 3 is 2.65 bits per heavy atom. The molecule has 26 heavy (non-hydrogen) atoms. The quantitative estimate of drug-likeness (QED) is 0.613. The van der Waals surface area contributed by atoms with Gasteiger partial charge in [0, 0.05) is 24.7 Å². The summed E-state index contributed by atoms with van der Waals surface area (Å²) in [6.45, 7) is 2.12. The molecule has 3 unspecified atom stereocenters. The summed E-state index contributed by atoms with van der Waals surface area (Å²) in [5.41, 5.74) is 2.41. The van der Waals surface area contributed by atoms with Crippen molar-refractivity contribution in [2.75, 3.05) is 0 Å². The van der Waals surface area contributed by atoms with Crippen LogP contribution < -0.4 is 0 Å². The standard InChI is InChI=1S/C22H30O4/c1-2-16-9-7-8-10-17(16)13-14-19-18(20(23)15-21(19)24)11-5-3-4-6-12-22(25)26/h7-10,13-14,18-19,21,24H,2-6,11-12,15H2,1H3,(H,25,26)/b14-13+. The molecule has 1 aromatic carbocycles. The van der Waals surface area contributed by atoms with Crippen LogP contribution in [0.4, 0.5) is 0 Å². The highest BCUT2D eigenvalue weighted by atomic mass is 16.4. The van der Waals surface area contributed by atoms with Gasteiger partial charge in [0.1, 0.15) is 5.78 Å². The van der Waals surface area contributed by atoms with Crippen LogP contribution in [0.2, 0.25) is 0 Å². The summed E-state index contributed by atoms with van der Waals surface area (Å²) in [6, 6.07) is 8.20. The van der Waals surface area contributed by atoms with E-state index in [1.807, 2.05) is 24.3 Å². The number of ketones is 1. The fourth-order valence-electron chi connectivity index (χ4n) is 3.82. The first-order valence-electron chi connectivity index (χ1n) is 9.71. The molecule has 142 valence electrons. The van der Waals surface area contributed by atoms with E-state index in [2.05, 4.69) is 19.1 Å². The molecule has 1 aliphatic rings. The van der Waals surface area contributed by atoms with E-state index >= 15 is 0 Å². The lowest BCUT2D eigenvalue weighted by molar-refractivity contribution is -0.137. The van der Waals surface area contributed by atoms with Crippen molar-refractivity contribution in [3.05, 3.63) is 41.5 Å². The first-order valence-corrected chi connectivity index (χ1v) is 9.71. The normalized spacial score (nSPS) is 23.0. The minimum atomic E-state index is -0.753. The van der Waals surface area contributed by atoms with Crippen LogP contribution in [0.25, 0.3) is 6.08 Å². The van der Waals surface area contributed by atoms with Gasteiger partial charge in [0.15, 0.2) is 0 Å². The van der Waals surface area contributed by atoms with E-state index in [0.29, 0.717) is 6.42 Å². The van der Waals surface area contributed by atoms with E-state index in [1.54, 1.807) is 0 Å². The third kappa shape index (κ3) is 5.80. The zero-order valence-electron chi connectivity index (χ0n) is 15.6. The molecule has 1 fully saturated rings. The molecule has 2 rings (SSSR count). The average molecular weight is 358 g/mol. The SMILES string of the molecule is CCc1ccccc1/C=C/C1C(O)CC(=O)C1CCCCCCC(=O)O. The number of hydrogen-bond acceptors (Lipinski definition) is 3. The van der Waals surface area contributed by atoms with E-state index in [9.17, 15) is 14.7 Å². The van der Waals surface area contributed by atoms with Gasteiger partial charge >= 0.3 is 5.97 Å². The Kier molecular flexibility index (Phi) is 8.05. The summed E-state index contributed by atoms with van der Waals surface area (Å²) in [5, 5.41) is 19.0. The van der Waals surface area contributed by atoms with Crippen molar-refractivity contribution >= 4 is 17.8 Å². The number of aryl methyl sites for hydroxylation is 1. The van der Waals surface area contributed by atoms with Gasteiger partial charge in [-0.2, -0.15) is 0 Å². The molecule has 0 heterocycles. The summed E-state index contributed by atoms with van der Waals surface area (Å²) >= 11 is 0. The van der Waals surface area contributed by atoms with Gasteiger partial charge in [-0.15, -0.1) is 0 Å². The Morgan fingerprint density at radius 2 is 1.92 bits per heavy atom. The maximum Gasteiger partial charge on any atom is 0.303 e. The average Bonchev–Trinajstić information content (AvgIpc) is 2.89. The molecule has 0 saturated heterocycles. The smallest absolute Gasteiger partial charge is 0.303 e. The number of carboxylic acid groups (broad SMARTS) is 1. The fraction of sp³-hybridized carbons (Fsp3) is 0.545. The number of aliphatic carboxylic acids is 1. The summed E-state index contributed by atoms with van der Waals surface area (Å²) in [4.78, 5) is 22.8. The lowest BCUT2D eigenvalue weighted by Crippen LogP contribution is -2.18. The molecule has 0 radical (unpaired) electrons. The highest BCUT2D eigenvalue weighted by molar-refractivity contribution is 5.85. The van der Waals surface area contributed by atoms with E-state index in [0.717, 1.165) is 37.7 Å². The van der Waals surface area contributed by atoms with Crippen molar-refractivity contribution in [1.29, 1.82) is 0 Å². The molecule has 1 aromatic rings. The number of aliphatic hydroxyl groups excluding tert-OH is 1. The second kappa shape index (κ2) is 10.3. The van der Waals surface area contributed by atoms with Crippen molar-refractivity contribution in [3.8, 4) is 0 Å². The molecule has 4 nitrogen and oxygen atoms in total. The largest absolute Gasteiger partial charge is 0.481 e. The summed E-state index contributed by atoms with van der Waals surface area (Å²) in [6.07, 6.45) is 9.04. The molecule has 2 N–H and O–H groups in total. The van der Waals surface area contributed by atoms with Gasteiger partial charge in [0.25, 0.3) is 0 Å². The van der Waals surface area contributed by atoms with Gasteiger partial charge in [-0.25, -0.2) is 0 Å². The predicted octanol–water partition coefficient (Wildman–Crippen LogP) is 4.25. The number of carbonyl (C=O) groups excluding carboxylic acids is 1. The van der Waals surface area contributed by atoms with Gasteiger partial charge in [-0.3, -0.25) is 9.59 Å². The molecular weight excluding hydrogens is 328 g/mol. The van der Waals surface area contributed by atoms with E-state index < -0.39 is 12.1 Å². The Morgan fingerprint density at radius 1 is 1.19 bits per heavy atom. The van der Waals surface area contributed by atoms with Crippen molar-refractivity contribution in [2.24, 2.45) is 11.8 Å². The minimum Gasteiger partial charge on any atom is -0.481 e. The summed E-state index contributed by atoms with van der Waals surface area (Å²) in [7, 11) is 0. The Labute approximate surface area is 155 Å². The van der Waals surface area contributed by atoms with Crippen molar-refractivity contribution in [2.45, 2.75) is 64.4 Å². The van der Waals surface area contributed by atoms with Crippen LogP contribution in [0.3, 0.4) is 0 Å².